The van der Waals surface area contributed by atoms with E-state index in [0.29, 0.717) is 17.1 Å². The summed E-state index contributed by atoms with van der Waals surface area (Å²) in [6.07, 6.45) is 3.05. The Hall–Kier alpha value is -2.89. The van der Waals surface area contributed by atoms with Gasteiger partial charge < -0.3 is 14.3 Å². The minimum Gasteiger partial charge on any atom is -0.448 e. The van der Waals surface area contributed by atoms with Crippen LogP contribution in [-0.4, -0.2) is 20.4 Å². The Kier molecular flexibility index (Phi) is 3.50. The molecule has 1 aromatic carbocycles. The Balaban J connectivity index is 1.79. The monoisotopic (exact) mass is 296 g/mol. The van der Waals surface area contributed by atoms with Crippen molar-refractivity contribution >= 4 is 11.6 Å². The van der Waals surface area contributed by atoms with Crippen LogP contribution in [0.5, 0.6) is 0 Å². The lowest BCUT2D eigenvalue weighted by atomic mass is 10.2. The maximum atomic E-state index is 12.1. The quantitative estimate of drug-likeness (QED) is 0.806. The highest BCUT2D eigenvalue weighted by atomic mass is 16.3. The zero-order chi connectivity index (χ0) is 15.7. The van der Waals surface area contributed by atoms with Gasteiger partial charge in [0.15, 0.2) is 12.1 Å². The average molecular weight is 296 g/mol. The zero-order valence-corrected chi connectivity index (χ0v) is 12.6. The van der Waals surface area contributed by atoms with Gasteiger partial charge in [-0.2, -0.15) is 0 Å². The molecule has 0 spiro atoms. The maximum Gasteiger partial charge on any atom is 0.277 e. The number of aromatic nitrogens is 3. The number of hydrogen-bond donors (Lipinski definition) is 1. The number of carbonyl (C=O) groups is 1. The van der Waals surface area contributed by atoms with Gasteiger partial charge in [0.25, 0.3) is 5.91 Å². The summed E-state index contributed by atoms with van der Waals surface area (Å²) < 4.78 is 7.04. The second-order valence-electron chi connectivity index (χ2n) is 5.04. The molecule has 3 aromatic rings. The molecule has 0 unspecified atom stereocenters. The molecule has 0 atom stereocenters. The van der Waals surface area contributed by atoms with Crippen molar-refractivity contribution in [1.82, 2.24) is 14.5 Å². The van der Waals surface area contributed by atoms with Crippen molar-refractivity contribution in [2.75, 3.05) is 5.32 Å². The standard InChI is InChI=1S/C16H16N4O2/c1-10-11(2)20(8-17-10)14-6-4-13(5-7-14)19-16(21)15-12(3)22-9-18-15/h4-9H,1-3H3,(H,19,21). The minimum atomic E-state index is -0.284. The summed E-state index contributed by atoms with van der Waals surface area (Å²) in [5.41, 5.74) is 4.08. The van der Waals surface area contributed by atoms with Crippen LogP contribution in [0.25, 0.3) is 5.69 Å². The third-order valence-electron chi connectivity index (χ3n) is 3.61. The van der Waals surface area contributed by atoms with Gasteiger partial charge in [-0.3, -0.25) is 4.79 Å². The number of nitrogens with zero attached hydrogens (tertiary/aromatic N) is 3. The van der Waals surface area contributed by atoms with Gasteiger partial charge in [-0.05, 0) is 45.0 Å². The summed E-state index contributed by atoms with van der Waals surface area (Å²) in [6.45, 7) is 5.70. The third kappa shape index (κ3) is 2.50. The van der Waals surface area contributed by atoms with Gasteiger partial charge in [0.05, 0.1) is 12.0 Å². The van der Waals surface area contributed by atoms with Crippen LogP contribution in [0.4, 0.5) is 5.69 Å². The Morgan fingerprint density at radius 2 is 1.86 bits per heavy atom. The number of rotatable bonds is 3. The lowest BCUT2D eigenvalue weighted by Crippen LogP contribution is -2.13. The average Bonchev–Trinajstić information content (AvgIpc) is 3.07. The van der Waals surface area contributed by atoms with Crippen LogP contribution in [-0.2, 0) is 0 Å². The van der Waals surface area contributed by atoms with E-state index < -0.39 is 0 Å². The van der Waals surface area contributed by atoms with Crippen LogP contribution >= 0.6 is 0 Å². The number of nitrogens with one attached hydrogen (secondary N) is 1. The predicted octanol–water partition coefficient (Wildman–Crippen LogP) is 3.04. The van der Waals surface area contributed by atoms with E-state index >= 15 is 0 Å². The summed E-state index contributed by atoms with van der Waals surface area (Å²) in [5, 5.41) is 2.80. The number of imidazole rings is 1. The topological polar surface area (TPSA) is 73.0 Å². The summed E-state index contributed by atoms with van der Waals surface area (Å²) in [6, 6.07) is 7.55. The van der Waals surface area contributed by atoms with Crippen LogP contribution in [0.1, 0.15) is 27.6 Å². The first-order valence-corrected chi connectivity index (χ1v) is 6.88. The summed E-state index contributed by atoms with van der Waals surface area (Å²) in [5.74, 6) is 0.215. The van der Waals surface area contributed by atoms with Crippen molar-refractivity contribution in [2.24, 2.45) is 0 Å². The number of aryl methyl sites for hydroxylation is 2. The molecule has 0 saturated carbocycles. The second kappa shape index (κ2) is 5.48. The summed E-state index contributed by atoms with van der Waals surface area (Å²) in [7, 11) is 0. The van der Waals surface area contributed by atoms with Crippen LogP contribution in [0.15, 0.2) is 41.4 Å². The smallest absolute Gasteiger partial charge is 0.277 e. The van der Waals surface area contributed by atoms with Crippen molar-refractivity contribution in [3.63, 3.8) is 0 Å². The van der Waals surface area contributed by atoms with Gasteiger partial charge in [-0.15, -0.1) is 0 Å². The molecule has 3 rings (SSSR count). The van der Waals surface area contributed by atoms with Crippen LogP contribution in [0, 0.1) is 20.8 Å². The highest BCUT2D eigenvalue weighted by molar-refractivity contribution is 6.03. The van der Waals surface area contributed by atoms with Gasteiger partial charge in [0, 0.05) is 17.1 Å². The van der Waals surface area contributed by atoms with Crippen molar-refractivity contribution in [3.05, 3.63) is 59.8 Å². The predicted molar refractivity (Wildman–Crippen MR) is 82.2 cm³/mol. The van der Waals surface area contributed by atoms with Gasteiger partial charge in [0.2, 0.25) is 0 Å². The molecule has 2 heterocycles. The number of benzene rings is 1. The van der Waals surface area contributed by atoms with E-state index in [9.17, 15) is 4.79 Å². The van der Waals surface area contributed by atoms with E-state index in [1.54, 1.807) is 13.3 Å². The molecule has 0 saturated heterocycles. The van der Waals surface area contributed by atoms with Gasteiger partial charge in [-0.25, -0.2) is 9.97 Å². The van der Waals surface area contributed by atoms with E-state index in [-0.39, 0.29) is 5.91 Å². The lowest BCUT2D eigenvalue weighted by molar-refractivity contribution is 0.102. The Morgan fingerprint density at radius 3 is 2.41 bits per heavy atom. The Bertz CT molecular complexity index is 815. The number of hydrogen-bond acceptors (Lipinski definition) is 4. The molecule has 1 N–H and O–H groups in total. The fraction of sp³-hybridized carbons (Fsp3) is 0.188. The van der Waals surface area contributed by atoms with Crippen molar-refractivity contribution in [3.8, 4) is 5.69 Å². The first kappa shape index (κ1) is 14.1. The fourth-order valence-corrected chi connectivity index (χ4v) is 2.18. The maximum absolute atomic E-state index is 12.1. The molecular formula is C16H16N4O2. The lowest BCUT2D eigenvalue weighted by Gasteiger charge is -2.08. The second-order valence-corrected chi connectivity index (χ2v) is 5.04. The third-order valence-corrected chi connectivity index (χ3v) is 3.61. The van der Waals surface area contributed by atoms with Crippen LogP contribution in [0.2, 0.25) is 0 Å². The molecule has 0 bridgehead atoms. The summed E-state index contributed by atoms with van der Waals surface area (Å²) >= 11 is 0. The molecule has 0 radical (unpaired) electrons. The van der Waals surface area contributed by atoms with Gasteiger partial charge >= 0.3 is 0 Å². The molecular weight excluding hydrogens is 280 g/mol. The SMILES string of the molecule is Cc1ncn(-c2ccc(NC(=O)c3ncoc3C)cc2)c1C. The van der Waals surface area contributed by atoms with Crippen molar-refractivity contribution < 1.29 is 9.21 Å². The van der Waals surface area contributed by atoms with E-state index in [4.69, 9.17) is 4.42 Å². The number of carbonyl (C=O) groups excluding carboxylic acids is 1. The fourth-order valence-electron chi connectivity index (χ4n) is 2.18. The molecule has 0 aliphatic carbocycles. The zero-order valence-electron chi connectivity index (χ0n) is 12.6. The van der Waals surface area contributed by atoms with Crippen LogP contribution < -0.4 is 5.32 Å². The Labute approximate surface area is 127 Å². The van der Waals surface area contributed by atoms with E-state index in [1.165, 1.54) is 6.39 Å². The minimum absolute atomic E-state index is 0.284. The van der Waals surface area contributed by atoms with Gasteiger partial charge in [0.1, 0.15) is 5.76 Å². The van der Waals surface area contributed by atoms with E-state index in [0.717, 1.165) is 17.1 Å². The molecule has 22 heavy (non-hydrogen) atoms. The highest BCUT2D eigenvalue weighted by Crippen LogP contribution is 2.17. The van der Waals surface area contributed by atoms with Gasteiger partial charge in [-0.1, -0.05) is 0 Å². The number of oxazole rings is 1. The van der Waals surface area contributed by atoms with E-state index in [2.05, 4.69) is 15.3 Å². The largest absolute Gasteiger partial charge is 0.448 e. The molecule has 0 aliphatic rings. The van der Waals surface area contributed by atoms with Crippen molar-refractivity contribution in [1.29, 1.82) is 0 Å². The Morgan fingerprint density at radius 1 is 1.14 bits per heavy atom. The first-order valence-electron chi connectivity index (χ1n) is 6.88. The van der Waals surface area contributed by atoms with Crippen LogP contribution in [0.3, 0.4) is 0 Å². The van der Waals surface area contributed by atoms with E-state index in [1.807, 2.05) is 42.7 Å². The first-order chi connectivity index (χ1) is 10.6. The summed E-state index contributed by atoms with van der Waals surface area (Å²) in [4.78, 5) is 20.2. The molecule has 112 valence electrons. The van der Waals surface area contributed by atoms with Crippen molar-refractivity contribution in [2.45, 2.75) is 20.8 Å². The number of anilines is 1. The molecule has 0 fully saturated rings. The molecule has 1 amide bonds. The number of amides is 1. The normalized spacial score (nSPS) is 10.7. The molecule has 6 nitrogen and oxygen atoms in total. The molecule has 2 aromatic heterocycles. The molecule has 6 heteroatoms. The molecule has 0 aliphatic heterocycles. The highest BCUT2D eigenvalue weighted by Gasteiger charge is 2.13.